The number of carboxylic acid groups (broad SMARTS) is 1. The van der Waals surface area contributed by atoms with Crippen LogP contribution in [-0.4, -0.2) is 31.2 Å². The molecular weight excluding hydrogens is 334 g/mol. The van der Waals surface area contributed by atoms with Gasteiger partial charge in [0.1, 0.15) is 0 Å². The molecule has 4 atom stereocenters. The molecule has 26 heavy (non-hydrogen) atoms. The molecule has 0 saturated heterocycles. The maximum absolute atomic E-state index is 12.6. The van der Waals surface area contributed by atoms with Gasteiger partial charge in [0.25, 0.3) is 0 Å². The Balaban J connectivity index is 1.69. The summed E-state index contributed by atoms with van der Waals surface area (Å²) in [6, 6.07) is 4.64. The maximum atomic E-state index is 12.6. The van der Waals surface area contributed by atoms with Crippen LogP contribution in [0.1, 0.15) is 50.1 Å². The lowest BCUT2D eigenvalue weighted by atomic mass is 9.86. The number of carbonyl (C=O) groups is 2. The second-order valence-corrected chi connectivity index (χ2v) is 7.47. The summed E-state index contributed by atoms with van der Waals surface area (Å²) < 4.78 is 10.5. The summed E-state index contributed by atoms with van der Waals surface area (Å²) in [4.78, 5) is 23.8. The van der Waals surface area contributed by atoms with Gasteiger partial charge in [-0.3, -0.25) is 9.59 Å². The van der Waals surface area contributed by atoms with Gasteiger partial charge in [-0.2, -0.15) is 0 Å². The third kappa shape index (κ3) is 4.11. The minimum Gasteiger partial charge on any atom is -0.493 e. The number of amides is 1. The minimum absolute atomic E-state index is 0.0661. The molecule has 2 aliphatic rings. The molecule has 2 N–H and O–H groups in total. The SMILES string of the molecule is COc1ccc(C(CC(=O)O)NC(=O)CC2CC3CCC2C3)cc1OC. The van der Waals surface area contributed by atoms with Crippen molar-refractivity contribution in [1.29, 1.82) is 0 Å². The van der Waals surface area contributed by atoms with E-state index >= 15 is 0 Å². The van der Waals surface area contributed by atoms with Gasteiger partial charge < -0.3 is 19.9 Å². The Morgan fingerprint density at radius 3 is 2.54 bits per heavy atom. The first-order valence-corrected chi connectivity index (χ1v) is 9.23. The van der Waals surface area contributed by atoms with Gasteiger partial charge in [-0.25, -0.2) is 0 Å². The maximum Gasteiger partial charge on any atom is 0.305 e. The van der Waals surface area contributed by atoms with Crippen LogP contribution in [0.5, 0.6) is 11.5 Å². The van der Waals surface area contributed by atoms with Gasteiger partial charge in [-0.05, 0) is 54.7 Å². The number of rotatable bonds is 8. The van der Waals surface area contributed by atoms with Crippen LogP contribution in [0.3, 0.4) is 0 Å². The van der Waals surface area contributed by atoms with E-state index in [4.69, 9.17) is 9.47 Å². The van der Waals surface area contributed by atoms with Crippen LogP contribution in [0.4, 0.5) is 0 Å². The quantitative estimate of drug-likeness (QED) is 0.743. The number of nitrogens with one attached hydrogen (secondary N) is 1. The molecule has 4 unspecified atom stereocenters. The Morgan fingerprint density at radius 2 is 1.96 bits per heavy atom. The molecule has 0 aromatic heterocycles. The number of methoxy groups -OCH3 is 2. The van der Waals surface area contributed by atoms with E-state index in [1.54, 1.807) is 25.3 Å². The van der Waals surface area contributed by atoms with Gasteiger partial charge in [0.2, 0.25) is 5.91 Å². The summed E-state index contributed by atoms with van der Waals surface area (Å²) in [5, 5.41) is 12.2. The normalized spacial score (nSPS) is 24.9. The smallest absolute Gasteiger partial charge is 0.305 e. The molecule has 0 heterocycles. The van der Waals surface area contributed by atoms with Crippen LogP contribution >= 0.6 is 0 Å². The van der Waals surface area contributed by atoms with E-state index in [1.807, 2.05) is 0 Å². The molecule has 1 aromatic rings. The standard InChI is InChI=1S/C20H27NO5/c1-25-17-6-5-14(9-18(17)26-2)16(11-20(23)24)21-19(22)10-15-8-12-3-4-13(15)7-12/h5-6,9,12-13,15-16H,3-4,7-8,10-11H2,1-2H3,(H,21,22)(H,23,24). The molecule has 0 radical (unpaired) electrons. The summed E-state index contributed by atoms with van der Waals surface area (Å²) in [6.45, 7) is 0. The van der Waals surface area contributed by atoms with Gasteiger partial charge in [0.15, 0.2) is 11.5 Å². The molecule has 3 rings (SSSR count). The molecule has 0 aliphatic heterocycles. The number of fused-ring (bicyclic) bond motifs is 2. The number of carboxylic acids is 1. The van der Waals surface area contributed by atoms with E-state index in [-0.39, 0.29) is 12.3 Å². The fraction of sp³-hybridized carbons (Fsp3) is 0.600. The zero-order valence-corrected chi connectivity index (χ0v) is 15.4. The van der Waals surface area contributed by atoms with Crippen molar-refractivity contribution in [2.45, 2.75) is 44.6 Å². The van der Waals surface area contributed by atoms with Crippen LogP contribution < -0.4 is 14.8 Å². The Hall–Kier alpha value is -2.24. The number of aliphatic carboxylic acids is 1. The molecule has 2 aliphatic carbocycles. The first-order valence-electron chi connectivity index (χ1n) is 9.23. The lowest BCUT2D eigenvalue weighted by Gasteiger charge is -2.23. The third-order valence-electron chi connectivity index (χ3n) is 5.86. The number of benzene rings is 1. The lowest BCUT2D eigenvalue weighted by Crippen LogP contribution is -2.32. The molecule has 2 saturated carbocycles. The molecule has 6 nitrogen and oxygen atoms in total. The van der Waals surface area contributed by atoms with Crippen molar-refractivity contribution >= 4 is 11.9 Å². The minimum atomic E-state index is -0.954. The zero-order valence-electron chi connectivity index (χ0n) is 15.4. The summed E-state index contributed by atoms with van der Waals surface area (Å²) in [5.41, 5.74) is 0.700. The highest BCUT2D eigenvalue weighted by atomic mass is 16.5. The van der Waals surface area contributed by atoms with Crippen LogP contribution in [0, 0.1) is 17.8 Å². The fourth-order valence-electron chi connectivity index (χ4n) is 4.61. The molecule has 0 spiro atoms. The van der Waals surface area contributed by atoms with E-state index < -0.39 is 12.0 Å². The second-order valence-electron chi connectivity index (χ2n) is 7.47. The summed E-state index contributed by atoms with van der Waals surface area (Å²) in [7, 11) is 3.07. The van der Waals surface area contributed by atoms with E-state index in [9.17, 15) is 14.7 Å². The van der Waals surface area contributed by atoms with Gasteiger partial charge in [0.05, 0.1) is 26.7 Å². The number of carbonyl (C=O) groups excluding carboxylic acids is 1. The van der Waals surface area contributed by atoms with Crippen LogP contribution in [0.15, 0.2) is 18.2 Å². The molecule has 1 amide bonds. The molecule has 142 valence electrons. The van der Waals surface area contributed by atoms with E-state index in [0.29, 0.717) is 35.3 Å². The van der Waals surface area contributed by atoms with E-state index in [1.165, 1.54) is 26.4 Å². The summed E-state index contributed by atoms with van der Waals surface area (Å²) >= 11 is 0. The van der Waals surface area contributed by atoms with Crippen LogP contribution in [0.2, 0.25) is 0 Å². The largest absolute Gasteiger partial charge is 0.493 e. The van der Waals surface area contributed by atoms with E-state index in [2.05, 4.69) is 5.32 Å². The number of hydrogen-bond donors (Lipinski definition) is 2. The predicted octanol–water partition coefficient (Wildman–Crippen LogP) is 3.16. The van der Waals surface area contributed by atoms with Crippen molar-refractivity contribution in [3.63, 3.8) is 0 Å². The Labute approximate surface area is 153 Å². The number of hydrogen-bond acceptors (Lipinski definition) is 4. The van der Waals surface area contributed by atoms with Crippen molar-refractivity contribution in [2.75, 3.05) is 14.2 Å². The molecule has 2 bridgehead atoms. The monoisotopic (exact) mass is 361 g/mol. The average Bonchev–Trinajstić information content (AvgIpc) is 3.23. The van der Waals surface area contributed by atoms with Crippen LogP contribution in [-0.2, 0) is 9.59 Å². The number of ether oxygens (including phenoxy) is 2. The molecule has 2 fully saturated rings. The van der Waals surface area contributed by atoms with Crippen molar-refractivity contribution in [3.8, 4) is 11.5 Å². The Bertz CT molecular complexity index is 674. The van der Waals surface area contributed by atoms with Crippen molar-refractivity contribution in [2.24, 2.45) is 17.8 Å². The molecule has 6 heteroatoms. The lowest BCUT2D eigenvalue weighted by molar-refractivity contribution is -0.137. The Morgan fingerprint density at radius 1 is 1.19 bits per heavy atom. The zero-order chi connectivity index (χ0) is 18.7. The van der Waals surface area contributed by atoms with E-state index in [0.717, 1.165) is 12.3 Å². The first kappa shape index (κ1) is 18.5. The molecular formula is C20H27NO5. The highest BCUT2D eigenvalue weighted by Gasteiger charge is 2.40. The second kappa shape index (κ2) is 7.98. The third-order valence-corrected chi connectivity index (χ3v) is 5.86. The van der Waals surface area contributed by atoms with Gasteiger partial charge in [0, 0.05) is 6.42 Å². The van der Waals surface area contributed by atoms with Crippen LogP contribution in [0.25, 0.3) is 0 Å². The predicted molar refractivity (Wildman–Crippen MR) is 96.2 cm³/mol. The molecule has 1 aromatic carbocycles. The van der Waals surface area contributed by atoms with Crippen molar-refractivity contribution in [3.05, 3.63) is 23.8 Å². The van der Waals surface area contributed by atoms with Crippen molar-refractivity contribution < 1.29 is 24.2 Å². The fourth-order valence-corrected chi connectivity index (χ4v) is 4.61. The Kier molecular flexibility index (Phi) is 5.69. The average molecular weight is 361 g/mol. The summed E-state index contributed by atoms with van der Waals surface area (Å²) in [5.74, 6) is 1.97. The highest BCUT2D eigenvalue weighted by Crippen LogP contribution is 2.49. The van der Waals surface area contributed by atoms with Gasteiger partial charge in [-0.15, -0.1) is 0 Å². The highest BCUT2D eigenvalue weighted by molar-refractivity contribution is 5.78. The van der Waals surface area contributed by atoms with Crippen molar-refractivity contribution in [1.82, 2.24) is 5.32 Å². The van der Waals surface area contributed by atoms with Gasteiger partial charge in [-0.1, -0.05) is 12.5 Å². The topological polar surface area (TPSA) is 84.9 Å². The van der Waals surface area contributed by atoms with Gasteiger partial charge >= 0.3 is 5.97 Å². The first-order chi connectivity index (χ1) is 12.5. The summed E-state index contributed by atoms with van der Waals surface area (Å²) in [6.07, 6.45) is 5.25.